The lowest BCUT2D eigenvalue weighted by Crippen LogP contribution is -2.45. The molecule has 488 valence electrons. The van der Waals surface area contributed by atoms with Gasteiger partial charge in [0.05, 0.1) is 25.4 Å². The number of carbonyl (C=O) groups excluding carboxylic acids is 2. The third-order valence-corrected chi connectivity index (χ3v) is 18.1. The van der Waals surface area contributed by atoms with Gasteiger partial charge in [-0.1, -0.05) is 386 Å². The van der Waals surface area contributed by atoms with E-state index in [0.717, 1.165) is 38.5 Å². The molecule has 0 rings (SSSR count). The van der Waals surface area contributed by atoms with Crippen LogP contribution in [0.1, 0.15) is 438 Å². The summed E-state index contributed by atoms with van der Waals surface area (Å²) in [6.45, 7) is 5.00. The van der Waals surface area contributed by atoms with Crippen molar-refractivity contribution in [1.29, 1.82) is 0 Å². The number of aliphatic hydroxyl groups excluding tert-OH is 2. The summed E-state index contributed by atoms with van der Waals surface area (Å²) < 4.78 is 5.51. The minimum absolute atomic E-state index is 0.0247. The van der Waals surface area contributed by atoms with Crippen molar-refractivity contribution >= 4 is 11.9 Å². The standard InChI is InChI=1S/C76H149NO5/c1-3-5-7-9-11-13-15-17-19-42-46-50-54-58-62-66-70-76(81)82-71-67-63-59-55-51-47-43-40-38-36-34-32-30-28-26-24-22-20-21-23-25-27-29-31-33-35-37-39-41-45-49-53-57-61-65-69-75(80)77-73(72-78)74(79)68-64-60-56-52-48-44-18-16-14-12-10-8-6-4-2/h22,24,73-74,78-79H,3-21,23,25-72H2,1-2H3,(H,77,80)/b24-22-. The SMILES string of the molecule is CCCCCCCCCCCCCCCCCCC(=O)OCCCCCCCCCCCCCCCC/C=C\CCCCCCCCCCCCCCCCCCCC(=O)NC(CO)C(O)CCCCCCCCCCCCCCCC. The number of nitrogens with one attached hydrogen (secondary N) is 1. The van der Waals surface area contributed by atoms with Crippen LogP contribution in [0.25, 0.3) is 0 Å². The Hall–Kier alpha value is -1.40. The van der Waals surface area contributed by atoms with E-state index < -0.39 is 12.1 Å². The van der Waals surface area contributed by atoms with Crippen LogP contribution in [0.3, 0.4) is 0 Å². The van der Waals surface area contributed by atoms with Gasteiger partial charge in [-0.2, -0.15) is 0 Å². The number of hydrogen-bond acceptors (Lipinski definition) is 5. The van der Waals surface area contributed by atoms with E-state index in [1.54, 1.807) is 0 Å². The molecule has 0 aliphatic carbocycles. The number of esters is 1. The second kappa shape index (κ2) is 72.1. The van der Waals surface area contributed by atoms with Crippen molar-refractivity contribution in [2.45, 2.75) is 450 Å². The van der Waals surface area contributed by atoms with Crippen LogP contribution in [0.5, 0.6) is 0 Å². The van der Waals surface area contributed by atoms with Crippen molar-refractivity contribution in [1.82, 2.24) is 5.32 Å². The first-order valence-corrected chi connectivity index (χ1v) is 37.9. The average molecular weight is 1160 g/mol. The van der Waals surface area contributed by atoms with E-state index >= 15 is 0 Å². The topological polar surface area (TPSA) is 95.9 Å². The summed E-state index contributed by atoms with van der Waals surface area (Å²) in [5.41, 5.74) is 0. The van der Waals surface area contributed by atoms with Crippen molar-refractivity contribution in [2.75, 3.05) is 13.2 Å². The molecule has 3 N–H and O–H groups in total. The highest BCUT2D eigenvalue weighted by Gasteiger charge is 2.20. The molecule has 0 radical (unpaired) electrons. The molecule has 82 heavy (non-hydrogen) atoms. The lowest BCUT2D eigenvalue weighted by atomic mass is 10.0. The number of ether oxygens (including phenoxy) is 1. The van der Waals surface area contributed by atoms with Gasteiger partial charge < -0.3 is 20.3 Å². The number of amides is 1. The molecular weight excluding hydrogens is 1010 g/mol. The molecule has 0 bridgehead atoms. The molecule has 0 aromatic rings. The molecule has 6 nitrogen and oxygen atoms in total. The Balaban J connectivity index is 3.31. The quantitative estimate of drug-likeness (QED) is 0.0320. The largest absolute Gasteiger partial charge is 0.466 e. The van der Waals surface area contributed by atoms with Crippen molar-refractivity contribution in [2.24, 2.45) is 0 Å². The molecule has 0 saturated heterocycles. The van der Waals surface area contributed by atoms with Crippen LogP contribution in [-0.2, 0) is 14.3 Å². The van der Waals surface area contributed by atoms with E-state index in [0.29, 0.717) is 25.9 Å². The van der Waals surface area contributed by atoms with Crippen LogP contribution in [0, 0.1) is 0 Å². The molecule has 0 spiro atoms. The summed E-state index contributed by atoms with van der Waals surface area (Å²) in [6, 6.07) is -0.537. The molecule has 2 unspecified atom stereocenters. The molecule has 2 atom stereocenters. The van der Waals surface area contributed by atoms with E-state index in [2.05, 4.69) is 31.3 Å². The van der Waals surface area contributed by atoms with Crippen LogP contribution in [0.4, 0.5) is 0 Å². The molecule has 0 aliphatic heterocycles. The molecular formula is C76H149NO5. The summed E-state index contributed by atoms with van der Waals surface area (Å²) >= 11 is 0. The summed E-state index contributed by atoms with van der Waals surface area (Å²) in [5.74, 6) is -0.00341. The normalized spacial score (nSPS) is 12.5. The van der Waals surface area contributed by atoms with Crippen LogP contribution < -0.4 is 5.32 Å². The molecule has 0 heterocycles. The van der Waals surface area contributed by atoms with Crippen molar-refractivity contribution in [3.05, 3.63) is 12.2 Å². The smallest absolute Gasteiger partial charge is 0.305 e. The van der Waals surface area contributed by atoms with Gasteiger partial charge in [0.25, 0.3) is 0 Å². The monoisotopic (exact) mass is 1160 g/mol. The van der Waals surface area contributed by atoms with Gasteiger partial charge in [0, 0.05) is 12.8 Å². The Kier molecular flexibility index (Phi) is 70.8. The lowest BCUT2D eigenvalue weighted by molar-refractivity contribution is -0.143. The number of unbranched alkanes of at least 4 members (excludes halogenated alkanes) is 59. The zero-order chi connectivity index (χ0) is 59.2. The van der Waals surface area contributed by atoms with Crippen LogP contribution >= 0.6 is 0 Å². The van der Waals surface area contributed by atoms with Gasteiger partial charge in [-0.3, -0.25) is 9.59 Å². The van der Waals surface area contributed by atoms with Crippen molar-refractivity contribution in [3.63, 3.8) is 0 Å². The molecule has 6 heteroatoms. The number of aliphatic hydroxyl groups is 2. The Bertz CT molecular complexity index is 1240. The van der Waals surface area contributed by atoms with E-state index in [-0.39, 0.29) is 18.5 Å². The highest BCUT2D eigenvalue weighted by molar-refractivity contribution is 5.76. The van der Waals surface area contributed by atoms with Crippen molar-refractivity contribution < 1.29 is 24.5 Å². The minimum Gasteiger partial charge on any atom is -0.466 e. The number of allylic oxidation sites excluding steroid dienone is 2. The highest BCUT2D eigenvalue weighted by atomic mass is 16.5. The third kappa shape index (κ3) is 67.7. The van der Waals surface area contributed by atoms with Gasteiger partial charge in [0.1, 0.15) is 0 Å². The lowest BCUT2D eigenvalue weighted by Gasteiger charge is -2.22. The Morgan fingerprint density at radius 2 is 0.573 bits per heavy atom. The third-order valence-electron chi connectivity index (χ3n) is 18.1. The molecule has 0 aromatic heterocycles. The van der Waals surface area contributed by atoms with E-state index in [9.17, 15) is 19.8 Å². The van der Waals surface area contributed by atoms with Crippen LogP contribution in [0.15, 0.2) is 12.2 Å². The number of rotatable bonds is 72. The molecule has 0 fully saturated rings. The first-order chi connectivity index (χ1) is 40.5. The second-order valence-electron chi connectivity index (χ2n) is 26.3. The maximum Gasteiger partial charge on any atom is 0.305 e. The summed E-state index contributed by atoms with van der Waals surface area (Å²) in [4.78, 5) is 24.6. The molecule has 0 saturated carbocycles. The first kappa shape index (κ1) is 80.6. The maximum absolute atomic E-state index is 12.5. The van der Waals surface area contributed by atoms with Gasteiger partial charge in [-0.05, 0) is 51.4 Å². The number of carbonyl (C=O) groups is 2. The minimum atomic E-state index is -0.660. The van der Waals surface area contributed by atoms with Gasteiger partial charge >= 0.3 is 5.97 Å². The first-order valence-electron chi connectivity index (χ1n) is 37.9. The number of hydrogen-bond donors (Lipinski definition) is 3. The highest BCUT2D eigenvalue weighted by Crippen LogP contribution is 2.20. The van der Waals surface area contributed by atoms with Crippen LogP contribution in [0.2, 0.25) is 0 Å². The average Bonchev–Trinajstić information content (AvgIpc) is 3.48. The summed E-state index contributed by atoms with van der Waals surface area (Å²) in [7, 11) is 0. The fourth-order valence-electron chi connectivity index (χ4n) is 12.3. The van der Waals surface area contributed by atoms with Crippen LogP contribution in [-0.4, -0.2) is 47.4 Å². The van der Waals surface area contributed by atoms with Gasteiger partial charge in [0.2, 0.25) is 5.91 Å². The Labute approximate surface area is 514 Å². The maximum atomic E-state index is 12.5. The molecule has 0 aromatic carbocycles. The predicted molar refractivity (Wildman–Crippen MR) is 361 cm³/mol. The van der Waals surface area contributed by atoms with Gasteiger partial charge in [0.15, 0.2) is 0 Å². The van der Waals surface area contributed by atoms with Crippen molar-refractivity contribution in [3.8, 4) is 0 Å². The fraction of sp³-hybridized carbons (Fsp3) is 0.947. The van der Waals surface area contributed by atoms with E-state index in [1.165, 1.54) is 366 Å². The molecule has 1 amide bonds. The fourth-order valence-corrected chi connectivity index (χ4v) is 12.3. The molecule has 0 aliphatic rings. The van der Waals surface area contributed by atoms with Gasteiger partial charge in [-0.15, -0.1) is 0 Å². The van der Waals surface area contributed by atoms with Gasteiger partial charge in [-0.25, -0.2) is 0 Å². The van der Waals surface area contributed by atoms with E-state index in [4.69, 9.17) is 4.74 Å². The zero-order valence-corrected chi connectivity index (χ0v) is 56.0. The Morgan fingerprint density at radius 1 is 0.329 bits per heavy atom. The second-order valence-corrected chi connectivity index (χ2v) is 26.3. The predicted octanol–water partition coefficient (Wildman–Crippen LogP) is 24.7. The Morgan fingerprint density at radius 3 is 0.866 bits per heavy atom. The summed E-state index contributed by atoms with van der Waals surface area (Å²) in [5, 5.41) is 23.3. The zero-order valence-electron chi connectivity index (χ0n) is 56.0. The van der Waals surface area contributed by atoms with E-state index in [1.807, 2.05) is 0 Å². The summed E-state index contributed by atoms with van der Waals surface area (Å²) in [6.07, 6.45) is 90.1.